The highest BCUT2D eigenvalue weighted by Gasteiger charge is 2.37. The molecule has 1 heterocycles. The Balaban J connectivity index is 1.91. The zero-order chi connectivity index (χ0) is 21.5. The second kappa shape index (κ2) is 7.79. The molecule has 0 bridgehead atoms. The van der Waals surface area contributed by atoms with Crippen LogP contribution in [-0.2, 0) is 21.9 Å². The van der Waals surface area contributed by atoms with Crippen molar-refractivity contribution < 1.29 is 22.7 Å². The summed E-state index contributed by atoms with van der Waals surface area (Å²) in [5.74, 6) is -0.499. The molecule has 0 N–H and O–H groups in total. The normalized spacial score (nSPS) is 16.0. The topological polar surface area (TPSA) is 98.6 Å². The van der Waals surface area contributed by atoms with Gasteiger partial charge < -0.3 is 4.74 Å². The molecule has 0 aliphatic heterocycles. The van der Waals surface area contributed by atoms with Crippen LogP contribution in [0.15, 0.2) is 23.1 Å². The summed E-state index contributed by atoms with van der Waals surface area (Å²) >= 11 is 6.12. The number of halogens is 1. The van der Waals surface area contributed by atoms with Crippen molar-refractivity contribution in [3.05, 3.63) is 40.2 Å². The van der Waals surface area contributed by atoms with Crippen molar-refractivity contribution in [3.63, 3.8) is 0 Å². The van der Waals surface area contributed by atoms with E-state index in [9.17, 15) is 18.0 Å². The van der Waals surface area contributed by atoms with Crippen LogP contribution in [-0.4, -0.2) is 47.8 Å². The number of hydrogen-bond acceptors (Lipinski definition) is 6. The Morgan fingerprint density at radius 3 is 2.66 bits per heavy atom. The molecular weight excluding hydrogens is 418 g/mol. The second-order valence-electron chi connectivity index (χ2n) is 6.87. The zero-order valence-electron chi connectivity index (χ0n) is 16.6. The Hall–Kier alpha value is -2.39. The van der Waals surface area contributed by atoms with Crippen LogP contribution in [0, 0.1) is 6.92 Å². The standard InChI is InChI=1S/C19H22ClN3O5S/c1-5-23(29(26,27)18-11(2)21-22(3)19(18)20)17(25)9-12-8-16(24)14-7-6-13(28-4)10-15(12)14/h6-7,10,12H,5,8-9H2,1-4H3. The third kappa shape index (κ3) is 3.64. The minimum absolute atomic E-state index is 0.0557. The van der Waals surface area contributed by atoms with Crippen molar-refractivity contribution in [1.82, 2.24) is 14.1 Å². The Kier molecular flexibility index (Phi) is 5.73. The molecule has 1 aliphatic carbocycles. The lowest BCUT2D eigenvalue weighted by Gasteiger charge is -2.22. The number of ketones is 1. The number of aryl methyl sites for hydroxylation is 2. The van der Waals surface area contributed by atoms with Gasteiger partial charge in [-0.15, -0.1) is 0 Å². The van der Waals surface area contributed by atoms with Gasteiger partial charge in [0.25, 0.3) is 10.0 Å². The number of methoxy groups -OCH3 is 1. The first-order valence-corrected chi connectivity index (χ1v) is 10.9. The van der Waals surface area contributed by atoms with E-state index in [-0.39, 0.29) is 40.9 Å². The lowest BCUT2D eigenvalue weighted by molar-refractivity contribution is -0.126. The van der Waals surface area contributed by atoms with Gasteiger partial charge in [0.1, 0.15) is 15.8 Å². The van der Waals surface area contributed by atoms with Crippen molar-refractivity contribution in [2.45, 2.75) is 37.5 Å². The number of carbonyl (C=O) groups excluding carboxylic acids is 2. The highest BCUT2D eigenvalue weighted by Crippen LogP contribution is 2.38. The van der Waals surface area contributed by atoms with Gasteiger partial charge in [0.2, 0.25) is 5.91 Å². The third-order valence-corrected chi connectivity index (χ3v) is 7.66. The molecule has 29 heavy (non-hydrogen) atoms. The molecule has 2 aromatic rings. The number of aromatic nitrogens is 2. The average molecular weight is 440 g/mol. The van der Waals surface area contributed by atoms with Crippen LogP contribution in [0.2, 0.25) is 5.15 Å². The molecule has 0 saturated carbocycles. The number of hydrogen-bond donors (Lipinski definition) is 0. The van der Waals surface area contributed by atoms with E-state index in [1.165, 1.54) is 25.8 Å². The minimum Gasteiger partial charge on any atom is -0.497 e. The molecule has 1 unspecified atom stereocenters. The Morgan fingerprint density at radius 1 is 1.41 bits per heavy atom. The monoisotopic (exact) mass is 439 g/mol. The molecule has 1 atom stereocenters. The summed E-state index contributed by atoms with van der Waals surface area (Å²) in [5, 5.41) is 3.97. The van der Waals surface area contributed by atoms with Crippen molar-refractivity contribution in [1.29, 1.82) is 0 Å². The molecule has 0 radical (unpaired) electrons. The van der Waals surface area contributed by atoms with Gasteiger partial charge in [0.05, 0.1) is 12.8 Å². The number of nitrogens with zero attached hydrogens (tertiary/aromatic N) is 3. The quantitative estimate of drug-likeness (QED) is 0.686. The van der Waals surface area contributed by atoms with E-state index in [0.29, 0.717) is 16.9 Å². The number of amides is 1. The van der Waals surface area contributed by atoms with E-state index in [1.54, 1.807) is 25.1 Å². The number of sulfonamides is 1. The summed E-state index contributed by atoms with van der Waals surface area (Å²) < 4.78 is 33.5. The summed E-state index contributed by atoms with van der Waals surface area (Å²) in [5.41, 5.74) is 1.46. The van der Waals surface area contributed by atoms with Crippen molar-refractivity contribution >= 4 is 33.3 Å². The van der Waals surface area contributed by atoms with Crippen LogP contribution in [0.3, 0.4) is 0 Å². The fraction of sp³-hybridized carbons (Fsp3) is 0.421. The Bertz CT molecular complexity index is 1090. The fourth-order valence-corrected chi connectivity index (χ4v) is 5.82. The predicted molar refractivity (Wildman–Crippen MR) is 107 cm³/mol. The SMILES string of the molecule is CCN(C(=O)CC1CC(=O)c2ccc(OC)cc21)S(=O)(=O)c1c(C)nn(C)c1Cl. The van der Waals surface area contributed by atoms with Crippen LogP contribution in [0.5, 0.6) is 5.75 Å². The lowest BCUT2D eigenvalue weighted by Crippen LogP contribution is -2.37. The maximum Gasteiger partial charge on any atom is 0.271 e. The lowest BCUT2D eigenvalue weighted by atomic mass is 9.97. The van der Waals surface area contributed by atoms with Gasteiger partial charge in [0, 0.05) is 37.9 Å². The summed E-state index contributed by atoms with van der Waals surface area (Å²) in [6.07, 6.45) is 0.0361. The van der Waals surface area contributed by atoms with Crippen LogP contribution < -0.4 is 4.74 Å². The largest absolute Gasteiger partial charge is 0.497 e. The highest BCUT2D eigenvalue weighted by atomic mass is 35.5. The highest BCUT2D eigenvalue weighted by molar-refractivity contribution is 7.89. The van der Waals surface area contributed by atoms with Crippen LogP contribution in [0.1, 0.15) is 47.3 Å². The van der Waals surface area contributed by atoms with Crippen LogP contribution in [0.4, 0.5) is 0 Å². The number of ether oxygens (including phenoxy) is 1. The molecule has 1 aromatic heterocycles. The first-order valence-electron chi connectivity index (χ1n) is 9.07. The fourth-order valence-electron chi connectivity index (χ4n) is 3.69. The van der Waals surface area contributed by atoms with E-state index < -0.39 is 21.8 Å². The molecule has 8 nitrogen and oxygen atoms in total. The number of rotatable bonds is 6. The molecule has 3 rings (SSSR count). The third-order valence-electron chi connectivity index (χ3n) is 5.07. The van der Waals surface area contributed by atoms with E-state index in [2.05, 4.69) is 5.10 Å². The van der Waals surface area contributed by atoms with E-state index in [0.717, 1.165) is 4.31 Å². The van der Waals surface area contributed by atoms with Crippen molar-refractivity contribution in [2.24, 2.45) is 7.05 Å². The summed E-state index contributed by atoms with van der Waals surface area (Å²) in [4.78, 5) is 25.1. The van der Waals surface area contributed by atoms with Gasteiger partial charge >= 0.3 is 0 Å². The second-order valence-corrected chi connectivity index (χ2v) is 9.03. The van der Waals surface area contributed by atoms with Gasteiger partial charge in [-0.1, -0.05) is 11.6 Å². The first kappa shape index (κ1) is 21.3. The molecule has 0 spiro atoms. The van der Waals surface area contributed by atoms with Crippen LogP contribution >= 0.6 is 11.6 Å². The number of fused-ring (bicyclic) bond motifs is 1. The smallest absolute Gasteiger partial charge is 0.271 e. The minimum atomic E-state index is -4.18. The van der Waals surface area contributed by atoms with Gasteiger partial charge in [-0.25, -0.2) is 12.7 Å². The average Bonchev–Trinajstić information content (AvgIpc) is 3.10. The molecule has 1 aliphatic rings. The van der Waals surface area contributed by atoms with E-state index in [4.69, 9.17) is 16.3 Å². The Morgan fingerprint density at radius 2 is 2.10 bits per heavy atom. The number of Topliss-reactive ketones (excluding diaryl/α,β-unsaturated/α-hetero) is 1. The van der Waals surface area contributed by atoms with Gasteiger partial charge in [0.15, 0.2) is 5.78 Å². The molecule has 10 heteroatoms. The number of carbonyl (C=O) groups is 2. The molecule has 0 fully saturated rings. The summed E-state index contributed by atoms with van der Waals surface area (Å²) in [6.45, 7) is 3.04. The molecular formula is C19H22ClN3O5S. The van der Waals surface area contributed by atoms with Gasteiger partial charge in [-0.2, -0.15) is 5.10 Å². The van der Waals surface area contributed by atoms with Crippen molar-refractivity contribution in [3.8, 4) is 5.75 Å². The number of benzene rings is 1. The van der Waals surface area contributed by atoms with Crippen LogP contribution in [0.25, 0.3) is 0 Å². The van der Waals surface area contributed by atoms with E-state index >= 15 is 0 Å². The van der Waals surface area contributed by atoms with Gasteiger partial charge in [-0.3, -0.25) is 14.3 Å². The zero-order valence-corrected chi connectivity index (χ0v) is 18.2. The molecule has 0 saturated heterocycles. The predicted octanol–water partition coefficient (Wildman–Crippen LogP) is 2.69. The molecule has 1 amide bonds. The summed E-state index contributed by atoms with van der Waals surface area (Å²) in [6, 6.07) is 5.09. The summed E-state index contributed by atoms with van der Waals surface area (Å²) in [7, 11) is -1.13. The van der Waals surface area contributed by atoms with Gasteiger partial charge in [-0.05, 0) is 37.6 Å². The molecule has 156 valence electrons. The first-order chi connectivity index (χ1) is 13.6. The maximum absolute atomic E-state index is 13.1. The van der Waals surface area contributed by atoms with Crippen molar-refractivity contribution in [2.75, 3.05) is 13.7 Å². The molecule has 1 aromatic carbocycles. The van der Waals surface area contributed by atoms with E-state index in [1.807, 2.05) is 0 Å². The maximum atomic E-state index is 13.1. The Labute approximate surface area is 174 Å².